The van der Waals surface area contributed by atoms with Crippen LogP contribution in [0.15, 0.2) is 334 Å². The van der Waals surface area contributed by atoms with E-state index >= 15 is 0 Å². The van der Waals surface area contributed by atoms with Crippen LogP contribution in [0.1, 0.15) is 49.9 Å². The summed E-state index contributed by atoms with van der Waals surface area (Å²) in [5, 5.41) is 5.19. The second kappa shape index (κ2) is 24.5. The number of aromatic nitrogens is 5. The first-order valence-corrected chi connectivity index (χ1v) is 33.7. The Bertz CT molecular complexity index is 5710. The van der Waals surface area contributed by atoms with Gasteiger partial charge in [0, 0.05) is 56.6 Å². The Morgan fingerprint density at radius 1 is 0.235 bits per heavy atom. The summed E-state index contributed by atoms with van der Waals surface area (Å²) in [4.78, 5) is 24.8. The van der Waals surface area contributed by atoms with Gasteiger partial charge in [-0.1, -0.05) is 319 Å². The molecule has 0 amide bonds. The molecule has 0 saturated heterocycles. The van der Waals surface area contributed by atoms with Crippen molar-refractivity contribution in [3.05, 3.63) is 356 Å². The van der Waals surface area contributed by atoms with Gasteiger partial charge in [0.15, 0.2) is 11.6 Å². The van der Waals surface area contributed by atoms with Crippen molar-refractivity contribution in [3.63, 3.8) is 0 Å². The molecule has 5 nitrogen and oxygen atoms in total. The lowest BCUT2D eigenvalue weighted by atomic mass is 9.80. The number of hydrogen-bond acceptors (Lipinski definition) is 5. The van der Waals surface area contributed by atoms with Gasteiger partial charge in [0.05, 0.1) is 22.8 Å². The van der Waals surface area contributed by atoms with Crippen molar-refractivity contribution < 1.29 is 0 Å². The van der Waals surface area contributed by atoms with E-state index in [1.807, 2.05) is 30.5 Å². The Balaban J connectivity index is 0.000000147. The molecule has 464 valence electrons. The fourth-order valence-electron chi connectivity index (χ4n) is 15.1. The molecular formula is C93H67N5. The van der Waals surface area contributed by atoms with Crippen molar-refractivity contribution in [2.75, 3.05) is 0 Å². The number of pyridine rings is 1. The molecule has 0 saturated carbocycles. The number of nitrogens with zero attached hydrogens (tertiary/aromatic N) is 5. The van der Waals surface area contributed by atoms with E-state index in [-0.39, 0.29) is 10.8 Å². The van der Waals surface area contributed by atoms with Gasteiger partial charge in [-0.05, 0) is 141 Å². The van der Waals surface area contributed by atoms with Crippen molar-refractivity contribution in [1.82, 2.24) is 24.9 Å². The standard InChI is InChI=1S/C47H34N2.C46H33N3/c1-47(2)41-22-12-21-38(44(41)40-28-27-33-15-9-10-20-39(33)45(40)47)36-18-11-19-37(29-36)43-30-42(34-16-7-4-8-17-34)48-46(49-43)35-25-23-32(24-26-35)31-13-5-3-6-14-31;1-46(2)39-19-9-18-38(44(39)43-37-17-7-6-11-31(37)24-25-40(43)46)34-14-8-15-35(27-34)42-28-41(32-12-4-3-5-13-32)48-45(49-42)33-22-20-30(21-23-33)36-16-10-26-47-29-36/h3-30H,1-2H3;3-29H,1-2H3. The summed E-state index contributed by atoms with van der Waals surface area (Å²) in [5.74, 6) is 1.41. The van der Waals surface area contributed by atoms with Gasteiger partial charge < -0.3 is 0 Å². The van der Waals surface area contributed by atoms with Crippen LogP contribution in [0.4, 0.5) is 0 Å². The average Bonchev–Trinajstić information content (AvgIpc) is 1.56. The molecule has 0 spiro atoms. The molecule has 16 aromatic rings. The molecular weight excluding hydrogens is 1190 g/mol. The molecule has 0 atom stereocenters. The van der Waals surface area contributed by atoms with Crippen LogP contribution in [0.3, 0.4) is 0 Å². The lowest BCUT2D eigenvalue weighted by Crippen LogP contribution is -2.15. The zero-order chi connectivity index (χ0) is 65.9. The van der Waals surface area contributed by atoms with Crippen LogP contribution in [0.2, 0.25) is 0 Å². The zero-order valence-electron chi connectivity index (χ0n) is 55.0. The summed E-state index contributed by atoms with van der Waals surface area (Å²) in [5.41, 5.74) is 29.8. The van der Waals surface area contributed by atoms with Crippen molar-refractivity contribution in [1.29, 1.82) is 0 Å². The SMILES string of the molecule is CC1(C)c2cccc(-c3cccc(-c4cc(-c5ccccc5)nc(-c5ccc(-c6ccccc6)cc5)n4)c3)c2-c2ccc3ccccc3c21.CC1(C)c2cccc(-c3cccc(-c4cc(-c5ccccc5)nc(-c5ccc(-c6cccnc6)cc5)n4)c3)c2-c2c1ccc1ccccc21. The van der Waals surface area contributed by atoms with Crippen LogP contribution in [0, 0.1) is 0 Å². The molecule has 0 radical (unpaired) electrons. The highest BCUT2D eigenvalue weighted by Gasteiger charge is 2.40. The van der Waals surface area contributed by atoms with Gasteiger partial charge in [-0.15, -0.1) is 0 Å². The summed E-state index contributed by atoms with van der Waals surface area (Å²) in [6, 6.07) is 114. The van der Waals surface area contributed by atoms with E-state index < -0.39 is 0 Å². The fraction of sp³-hybridized carbons (Fsp3) is 0.0645. The molecule has 0 aliphatic heterocycles. The van der Waals surface area contributed by atoms with Crippen LogP contribution in [-0.2, 0) is 10.8 Å². The predicted molar refractivity (Wildman–Crippen MR) is 406 cm³/mol. The number of hydrogen-bond donors (Lipinski definition) is 0. The lowest BCUT2D eigenvalue weighted by molar-refractivity contribution is 0.661. The molecule has 0 N–H and O–H groups in total. The zero-order valence-corrected chi connectivity index (χ0v) is 55.0. The van der Waals surface area contributed by atoms with E-state index in [0.29, 0.717) is 11.6 Å². The largest absolute Gasteiger partial charge is 0.264 e. The van der Waals surface area contributed by atoms with Crippen molar-refractivity contribution in [2.24, 2.45) is 0 Å². The monoisotopic (exact) mass is 1250 g/mol. The normalized spacial score (nSPS) is 12.9. The highest BCUT2D eigenvalue weighted by Crippen LogP contribution is 2.56. The molecule has 2 aliphatic rings. The van der Waals surface area contributed by atoms with E-state index in [1.165, 1.54) is 99.4 Å². The first kappa shape index (κ1) is 59.4. The number of rotatable bonds is 10. The Morgan fingerprint density at radius 3 is 1.18 bits per heavy atom. The second-order valence-electron chi connectivity index (χ2n) is 26.7. The second-order valence-corrected chi connectivity index (χ2v) is 26.7. The van der Waals surface area contributed by atoms with E-state index in [1.54, 1.807) is 6.20 Å². The van der Waals surface area contributed by atoms with Crippen molar-refractivity contribution in [3.8, 4) is 135 Å². The van der Waals surface area contributed by atoms with Crippen LogP contribution in [0.25, 0.3) is 156 Å². The van der Waals surface area contributed by atoms with E-state index in [2.05, 4.69) is 330 Å². The quantitative estimate of drug-likeness (QED) is 0.137. The maximum Gasteiger partial charge on any atom is 0.160 e. The topological polar surface area (TPSA) is 64.5 Å². The predicted octanol–water partition coefficient (Wildman–Crippen LogP) is 23.9. The Hall–Kier alpha value is -12.3. The third kappa shape index (κ3) is 10.7. The molecule has 2 aliphatic carbocycles. The third-order valence-electron chi connectivity index (χ3n) is 20.1. The summed E-state index contributed by atoms with van der Waals surface area (Å²) in [6.45, 7) is 9.43. The molecule has 18 rings (SSSR count). The molecule has 0 bridgehead atoms. The van der Waals surface area contributed by atoms with Gasteiger partial charge in [-0.3, -0.25) is 4.98 Å². The van der Waals surface area contributed by atoms with Gasteiger partial charge >= 0.3 is 0 Å². The number of fused-ring (bicyclic) bond motifs is 10. The molecule has 3 heterocycles. The molecule has 13 aromatic carbocycles. The maximum atomic E-state index is 5.19. The Morgan fingerprint density at radius 2 is 0.633 bits per heavy atom. The summed E-state index contributed by atoms with van der Waals surface area (Å²) >= 11 is 0. The molecule has 0 unspecified atom stereocenters. The maximum absolute atomic E-state index is 5.19. The van der Waals surface area contributed by atoms with Crippen LogP contribution >= 0.6 is 0 Å². The Kier molecular flexibility index (Phi) is 14.8. The lowest BCUT2D eigenvalue weighted by Gasteiger charge is -2.23. The minimum absolute atomic E-state index is 0.0962. The fourth-order valence-corrected chi connectivity index (χ4v) is 15.1. The van der Waals surface area contributed by atoms with Crippen molar-refractivity contribution in [2.45, 2.75) is 38.5 Å². The van der Waals surface area contributed by atoms with E-state index in [4.69, 9.17) is 19.9 Å². The molecule has 5 heteroatoms. The van der Waals surface area contributed by atoms with Crippen LogP contribution in [0.5, 0.6) is 0 Å². The number of benzene rings is 13. The van der Waals surface area contributed by atoms with E-state index in [0.717, 1.165) is 67.3 Å². The third-order valence-corrected chi connectivity index (χ3v) is 20.1. The minimum Gasteiger partial charge on any atom is -0.264 e. The van der Waals surface area contributed by atoms with E-state index in [9.17, 15) is 0 Å². The minimum atomic E-state index is -0.110. The molecule has 3 aromatic heterocycles. The summed E-state index contributed by atoms with van der Waals surface area (Å²) in [6.07, 6.45) is 3.68. The van der Waals surface area contributed by atoms with Crippen LogP contribution in [-0.4, -0.2) is 24.9 Å². The van der Waals surface area contributed by atoms with Crippen molar-refractivity contribution >= 4 is 21.5 Å². The van der Waals surface area contributed by atoms with Crippen LogP contribution < -0.4 is 0 Å². The summed E-state index contributed by atoms with van der Waals surface area (Å²) < 4.78 is 0. The highest BCUT2D eigenvalue weighted by molar-refractivity contribution is 6.07. The molecule has 98 heavy (non-hydrogen) atoms. The smallest absolute Gasteiger partial charge is 0.160 e. The van der Waals surface area contributed by atoms with Gasteiger partial charge in [0.2, 0.25) is 0 Å². The highest BCUT2D eigenvalue weighted by atomic mass is 14.9. The Labute approximate surface area is 572 Å². The first-order chi connectivity index (χ1) is 48.1. The molecule has 0 fully saturated rings. The van der Waals surface area contributed by atoms with Gasteiger partial charge in [-0.2, -0.15) is 0 Å². The van der Waals surface area contributed by atoms with Gasteiger partial charge in [-0.25, -0.2) is 19.9 Å². The van der Waals surface area contributed by atoms with Gasteiger partial charge in [0.25, 0.3) is 0 Å². The van der Waals surface area contributed by atoms with Gasteiger partial charge in [0.1, 0.15) is 0 Å². The summed E-state index contributed by atoms with van der Waals surface area (Å²) in [7, 11) is 0. The first-order valence-electron chi connectivity index (χ1n) is 33.7. The average molecular weight is 1250 g/mol.